The normalized spacial score (nSPS) is 20.4. The molecule has 0 radical (unpaired) electrons. The number of rotatable bonds is 2. The average molecular weight is 255 g/mol. The Hall–Kier alpha value is -1.36. The summed E-state index contributed by atoms with van der Waals surface area (Å²) in [6.45, 7) is 1.00. The number of nitrogens with two attached hydrogens (primary N) is 1. The Kier molecular flexibility index (Phi) is 2.66. The first-order chi connectivity index (χ1) is 8.68. The highest BCUT2D eigenvalue weighted by molar-refractivity contribution is 5.53. The van der Waals surface area contributed by atoms with E-state index >= 15 is 0 Å². The van der Waals surface area contributed by atoms with Crippen molar-refractivity contribution in [1.29, 1.82) is 0 Å². The van der Waals surface area contributed by atoms with Gasteiger partial charge in [0, 0.05) is 23.6 Å². The van der Waals surface area contributed by atoms with Crippen molar-refractivity contribution < 1.29 is 18.3 Å². The van der Waals surface area contributed by atoms with Crippen LogP contribution in [0, 0.1) is 11.6 Å². The maximum atomic E-state index is 14.1. The van der Waals surface area contributed by atoms with Crippen LogP contribution in [0.15, 0.2) is 6.07 Å². The van der Waals surface area contributed by atoms with Gasteiger partial charge in [0.15, 0.2) is 23.1 Å². The summed E-state index contributed by atoms with van der Waals surface area (Å²) in [7, 11) is 0. The van der Waals surface area contributed by atoms with Gasteiger partial charge in [-0.05, 0) is 12.8 Å². The van der Waals surface area contributed by atoms with E-state index in [0.717, 1.165) is 25.3 Å². The summed E-state index contributed by atoms with van der Waals surface area (Å²) in [5, 5.41) is 0. The minimum atomic E-state index is -0.894. The van der Waals surface area contributed by atoms with Gasteiger partial charge >= 0.3 is 0 Å². The molecule has 1 aliphatic heterocycles. The molecule has 1 fully saturated rings. The fraction of sp³-hybridized carbons (Fsp3) is 0.538. The third-order valence-electron chi connectivity index (χ3n) is 3.96. The van der Waals surface area contributed by atoms with Crippen molar-refractivity contribution in [3.05, 3.63) is 23.3 Å². The molecule has 3 rings (SSSR count). The Morgan fingerprint density at radius 3 is 2.56 bits per heavy atom. The third-order valence-corrected chi connectivity index (χ3v) is 3.96. The van der Waals surface area contributed by atoms with Gasteiger partial charge in [-0.3, -0.25) is 0 Å². The fourth-order valence-electron chi connectivity index (χ4n) is 2.77. The summed E-state index contributed by atoms with van der Waals surface area (Å²) in [5.41, 5.74) is 5.55. The van der Waals surface area contributed by atoms with Gasteiger partial charge in [0.25, 0.3) is 0 Å². The number of ether oxygens (including phenoxy) is 2. The number of halogens is 2. The van der Waals surface area contributed by atoms with E-state index in [4.69, 9.17) is 15.2 Å². The first-order valence-electron chi connectivity index (χ1n) is 6.16. The smallest absolute Gasteiger partial charge is 0.168 e. The number of hydrogen-bond acceptors (Lipinski definition) is 3. The van der Waals surface area contributed by atoms with E-state index in [1.165, 1.54) is 0 Å². The first-order valence-corrected chi connectivity index (χ1v) is 6.16. The highest BCUT2D eigenvalue weighted by atomic mass is 19.2. The van der Waals surface area contributed by atoms with Gasteiger partial charge < -0.3 is 15.2 Å². The first kappa shape index (κ1) is 11.7. The van der Waals surface area contributed by atoms with Crippen LogP contribution in [0.3, 0.4) is 0 Å². The molecule has 2 aliphatic rings. The van der Waals surface area contributed by atoms with Crippen LogP contribution in [-0.4, -0.2) is 19.8 Å². The van der Waals surface area contributed by atoms with Gasteiger partial charge in [-0.2, -0.15) is 0 Å². The molecule has 5 heteroatoms. The van der Waals surface area contributed by atoms with Crippen LogP contribution in [0.1, 0.15) is 24.8 Å². The number of fused-ring (bicyclic) bond motifs is 1. The second-order valence-electron chi connectivity index (χ2n) is 4.91. The minimum absolute atomic E-state index is 0.269. The van der Waals surface area contributed by atoms with Crippen molar-refractivity contribution in [1.82, 2.24) is 0 Å². The summed E-state index contributed by atoms with van der Waals surface area (Å²) < 4.78 is 38.6. The molecule has 3 nitrogen and oxygen atoms in total. The van der Waals surface area contributed by atoms with E-state index in [2.05, 4.69) is 0 Å². The maximum absolute atomic E-state index is 14.1. The van der Waals surface area contributed by atoms with Gasteiger partial charge in [0.2, 0.25) is 0 Å². The third kappa shape index (κ3) is 1.50. The molecule has 0 unspecified atom stereocenters. The molecular weight excluding hydrogens is 240 g/mol. The van der Waals surface area contributed by atoms with Crippen molar-refractivity contribution in [3.8, 4) is 11.5 Å². The van der Waals surface area contributed by atoms with Gasteiger partial charge in [0.1, 0.15) is 13.2 Å². The van der Waals surface area contributed by atoms with E-state index < -0.39 is 17.0 Å². The van der Waals surface area contributed by atoms with Crippen molar-refractivity contribution in [2.45, 2.75) is 24.7 Å². The molecule has 0 atom stereocenters. The van der Waals surface area contributed by atoms with Crippen LogP contribution >= 0.6 is 0 Å². The lowest BCUT2D eigenvalue weighted by Crippen LogP contribution is -2.43. The quantitative estimate of drug-likeness (QED) is 0.880. The molecule has 2 N–H and O–H groups in total. The molecule has 0 aromatic heterocycles. The topological polar surface area (TPSA) is 44.5 Å². The fourth-order valence-corrected chi connectivity index (χ4v) is 2.77. The van der Waals surface area contributed by atoms with Crippen molar-refractivity contribution in [3.63, 3.8) is 0 Å². The van der Waals surface area contributed by atoms with E-state index in [0.29, 0.717) is 25.5 Å². The Morgan fingerprint density at radius 1 is 1.22 bits per heavy atom. The molecule has 18 heavy (non-hydrogen) atoms. The molecule has 1 aliphatic carbocycles. The predicted molar refractivity (Wildman–Crippen MR) is 61.9 cm³/mol. The van der Waals surface area contributed by atoms with Crippen LogP contribution in [0.25, 0.3) is 0 Å². The van der Waals surface area contributed by atoms with Crippen molar-refractivity contribution in [2.24, 2.45) is 5.73 Å². The molecule has 0 spiro atoms. The molecule has 0 bridgehead atoms. The van der Waals surface area contributed by atoms with E-state index in [1.807, 2.05) is 0 Å². The molecule has 0 amide bonds. The maximum Gasteiger partial charge on any atom is 0.168 e. The van der Waals surface area contributed by atoms with Crippen LogP contribution in [0.4, 0.5) is 8.78 Å². The molecule has 1 heterocycles. The van der Waals surface area contributed by atoms with Gasteiger partial charge in [-0.1, -0.05) is 6.42 Å². The van der Waals surface area contributed by atoms with E-state index in [-0.39, 0.29) is 11.3 Å². The zero-order valence-corrected chi connectivity index (χ0v) is 9.97. The van der Waals surface area contributed by atoms with Gasteiger partial charge in [0.05, 0.1) is 0 Å². The Labute approximate surface area is 104 Å². The van der Waals surface area contributed by atoms with Crippen LogP contribution < -0.4 is 15.2 Å². The van der Waals surface area contributed by atoms with Crippen LogP contribution in [0.2, 0.25) is 0 Å². The number of hydrogen-bond donors (Lipinski definition) is 1. The molecule has 1 aromatic rings. The second kappa shape index (κ2) is 4.09. The molecule has 98 valence electrons. The summed E-state index contributed by atoms with van der Waals surface area (Å²) >= 11 is 0. The Morgan fingerprint density at radius 2 is 1.94 bits per heavy atom. The average Bonchev–Trinajstić information content (AvgIpc) is 2.33. The van der Waals surface area contributed by atoms with Gasteiger partial charge in [-0.15, -0.1) is 0 Å². The minimum Gasteiger partial charge on any atom is -0.486 e. The van der Waals surface area contributed by atoms with E-state index in [1.54, 1.807) is 0 Å². The lowest BCUT2D eigenvalue weighted by atomic mass is 9.64. The molecular formula is C13H15F2NO2. The van der Waals surface area contributed by atoms with E-state index in [9.17, 15) is 8.78 Å². The molecule has 1 saturated carbocycles. The summed E-state index contributed by atoms with van der Waals surface area (Å²) in [6, 6.07) is 1.05. The summed E-state index contributed by atoms with van der Waals surface area (Å²) in [5.74, 6) is -1.11. The monoisotopic (exact) mass is 255 g/mol. The standard InChI is InChI=1S/C13H15F2NO2/c14-8-6-9-12(18-5-4-17-9)10(11(8)15)13(7-16)2-1-3-13/h6H,1-5,7,16H2. The number of benzene rings is 1. The zero-order chi connectivity index (χ0) is 12.8. The lowest BCUT2D eigenvalue weighted by molar-refractivity contribution is 0.155. The second-order valence-corrected chi connectivity index (χ2v) is 4.91. The largest absolute Gasteiger partial charge is 0.486 e. The summed E-state index contributed by atoms with van der Waals surface area (Å²) in [4.78, 5) is 0. The lowest BCUT2D eigenvalue weighted by Gasteiger charge is -2.43. The highest BCUT2D eigenvalue weighted by Crippen LogP contribution is 2.51. The molecule has 0 saturated heterocycles. The Balaban J connectivity index is 2.20. The van der Waals surface area contributed by atoms with Crippen LogP contribution in [-0.2, 0) is 5.41 Å². The zero-order valence-electron chi connectivity index (χ0n) is 9.97. The van der Waals surface area contributed by atoms with Gasteiger partial charge in [-0.25, -0.2) is 8.78 Å². The predicted octanol–water partition coefficient (Wildman–Crippen LogP) is 2.12. The van der Waals surface area contributed by atoms with Crippen molar-refractivity contribution in [2.75, 3.05) is 19.8 Å². The highest BCUT2D eigenvalue weighted by Gasteiger charge is 2.44. The van der Waals surface area contributed by atoms with Crippen molar-refractivity contribution >= 4 is 0 Å². The SMILES string of the molecule is NCC1(c2c(F)c(F)cc3c2OCCO3)CCC1. The summed E-state index contributed by atoms with van der Waals surface area (Å²) in [6.07, 6.45) is 2.50. The Bertz CT molecular complexity index is 481. The van der Waals surface area contributed by atoms with Crippen LogP contribution in [0.5, 0.6) is 11.5 Å². The molecule has 1 aromatic carbocycles.